The fraction of sp³-hybridized carbons (Fsp3) is 0.350. The van der Waals surface area contributed by atoms with Gasteiger partial charge in [-0.1, -0.05) is 55.8 Å². The molecule has 0 aromatic heterocycles. The molecule has 0 atom stereocenters. The van der Waals surface area contributed by atoms with E-state index in [1.807, 2.05) is 43.3 Å². The van der Waals surface area contributed by atoms with Crippen molar-refractivity contribution in [1.29, 1.82) is 0 Å². The third-order valence-electron chi connectivity index (χ3n) is 4.11. The minimum atomic E-state index is -3.60. The largest absolute Gasteiger partial charge is 0.352 e. The van der Waals surface area contributed by atoms with E-state index in [9.17, 15) is 13.2 Å². The smallest absolute Gasteiger partial charge is 0.240 e. The fourth-order valence-electron chi connectivity index (χ4n) is 2.41. The topological polar surface area (TPSA) is 75.3 Å². The molecule has 2 N–H and O–H groups in total. The Hall–Kier alpha value is -2.18. The summed E-state index contributed by atoms with van der Waals surface area (Å²) >= 11 is 0. The number of benzene rings is 2. The highest BCUT2D eigenvalue weighted by atomic mass is 32.2. The van der Waals surface area contributed by atoms with Gasteiger partial charge in [0.25, 0.3) is 0 Å². The molecule has 0 saturated heterocycles. The van der Waals surface area contributed by atoms with Crippen LogP contribution in [0.3, 0.4) is 0 Å². The van der Waals surface area contributed by atoms with Crippen molar-refractivity contribution in [2.75, 3.05) is 6.54 Å². The predicted molar refractivity (Wildman–Crippen MR) is 103 cm³/mol. The summed E-state index contributed by atoms with van der Waals surface area (Å²) in [6.45, 7) is 6.61. The van der Waals surface area contributed by atoms with Crippen molar-refractivity contribution in [3.8, 4) is 0 Å². The van der Waals surface area contributed by atoms with E-state index in [-0.39, 0.29) is 23.8 Å². The zero-order chi connectivity index (χ0) is 19.2. The molecule has 0 aliphatic rings. The molecule has 0 fully saturated rings. The molecule has 5 nitrogen and oxygen atoms in total. The third-order valence-corrected chi connectivity index (χ3v) is 5.59. The van der Waals surface area contributed by atoms with E-state index in [2.05, 4.69) is 23.9 Å². The first-order valence-electron chi connectivity index (χ1n) is 8.70. The van der Waals surface area contributed by atoms with Gasteiger partial charge in [-0.3, -0.25) is 4.79 Å². The van der Waals surface area contributed by atoms with Crippen molar-refractivity contribution in [3.05, 3.63) is 65.2 Å². The number of hydrogen-bond acceptors (Lipinski definition) is 3. The van der Waals surface area contributed by atoms with Crippen LogP contribution in [-0.2, 0) is 21.4 Å². The van der Waals surface area contributed by atoms with Crippen LogP contribution < -0.4 is 10.0 Å². The Morgan fingerprint density at radius 1 is 1.00 bits per heavy atom. The molecular weight excluding hydrogens is 348 g/mol. The highest BCUT2D eigenvalue weighted by Crippen LogP contribution is 2.17. The lowest BCUT2D eigenvalue weighted by molar-refractivity contribution is -0.121. The highest BCUT2D eigenvalue weighted by Gasteiger charge is 2.14. The normalized spacial score (nSPS) is 11.5. The Morgan fingerprint density at radius 3 is 2.19 bits per heavy atom. The fourth-order valence-corrected chi connectivity index (χ4v) is 3.44. The summed E-state index contributed by atoms with van der Waals surface area (Å²) in [5, 5.41) is 2.79. The van der Waals surface area contributed by atoms with E-state index >= 15 is 0 Å². The summed E-state index contributed by atoms with van der Waals surface area (Å²) < 4.78 is 27.0. The molecular formula is C20H26N2O3S. The summed E-state index contributed by atoms with van der Waals surface area (Å²) in [5.74, 6) is 0.153. The van der Waals surface area contributed by atoms with Crippen LogP contribution in [0.15, 0.2) is 53.4 Å². The maximum absolute atomic E-state index is 12.3. The molecule has 0 saturated carbocycles. The average molecular weight is 375 g/mol. The zero-order valence-corrected chi connectivity index (χ0v) is 16.3. The summed E-state index contributed by atoms with van der Waals surface area (Å²) in [6.07, 6.45) is 0.0924. The molecule has 140 valence electrons. The molecule has 1 amide bonds. The molecule has 6 heteroatoms. The van der Waals surface area contributed by atoms with E-state index in [1.165, 1.54) is 0 Å². The summed E-state index contributed by atoms with van der Waals surface area (Å²) in [4.78, 5) is 12.1. The van der Waals surface area contributed by atoms with Crippen molar-refractivity contribution in [2.45, 2.75) is 44.6 Å². The zero-order valence-electron chi connectivity index (χ0n) is 15.5. The van der Waals surface area contributed by atoms with Crippen LogP contribution in [0, 0.1) is 6.92 Å². The second-order valence-corrected chi connectivity index (χ2v) is 8.40. The van der Waals surface area contributed by atoms with Crippen LogP contribution in [-0.4, -0.2) is 20.9 Å². The molecule has 0 spiro atoms. The van der Waals surface area contributed by atoms with Crippen molar-refractivity contribution in [2.24, 2.45) is 0 Å². The molecule has 0 aliphatic heterocycles. The number of carbonyl (C=O) groups excluding carboxylic acids is 1. The molecule has 2 aromatic carbocycles. The Labute approximate surface area is 155 Å². The van der Waals surface area contributed by atoms with E-state index in [1.54, 1.807) is 12.1 Å². The van der Waals surface area contributed by atoms with Gasteiger partial charge < -0.3 is 5.32 Å². The minimum Gasteiger partial charge on any atom is -0.352 e. The van der Waals surface area contributed by atoms with Gasteiger partial charge in [0.15, 0.2) is 0 Å². The molecule has 0 heterocycles. The number of nitrogens with one attached hydrogen (secondary N) is 2. The minimum absolute atomic E-state index is 0.0635. The number of hydrogen-bond donors (Lipinski definition) is 2. The van der Waals surface area contributed by atoms with Gasteiger partial charge >= 0.3 is 0 Å². The molecule has 0 radical (unpaired) electrons. The van der Waals surface area contributed by atoms with Crippen molar-refractivity contribution in [1.82, 2.24) is 10.0 Å². The molecule has 26 heavy (non-hydrogen) atoms. The van der Waals surface area contributed by atoms with Gasteiger partial charge in [-0.25, -0.2) is 13.1 Å². The van der Waals surface area contributed by atoms with Crippen molar-refractivity contribution in [3.63, 3.8) is 0 Å². The quantitative estimate of drug-likeness (QED) is 0.745. The van der Waals surface area contributed by atoms with Crippen molar-refractivity contribution < 1.29 is 13.2 Å². The average Bonchev–Trinajstić information content (AvgIpc) is 2.61. The van der Waals surface area contributed by atoms with Crippen LogP contribution in [0.5, 0.6) is 0 Å². The van der Waals surface area contributed by atoms with Gasteiger partial charge in [0, 0.05) is 19.5 Å². The van der Waals surface area contributed by atoms with E-state index < -0.39 is 10.0 Å². The number of sulfonamides is 1. The lowest BCUT2D eigenvalue weighted by Crippen LogP contribution is -2.30. The third kappa shape index (κ3) is 5.97. The second-order valence-electron chi connectivity index (χ2n) is 6.63. The Bertz CT molecular complexity index is 826. The second kappa shape index (κ2) is 8.96. The standard InChI is InChI=1S/C20H26N2O3S/c1-15(2)18-8-10-19(11-9-18)26(24,25)22-13-12-20(23)21-14-17-6-4-16(3)5-7-17/h4-11,15,22H,12-14H2,1-3H3,(H,21,23). The van der Waals surface area contributed by atoms with Gasteiger partial charge in [0.1, 0.15) is 0 Å². The first-order chi connectivity index (χ1) is 12.3. The van der Waals surface area contributed by atoms with Crippen LogP contribution in [0.1, 0.15) is 42.9 Å². The van der Waals surface area contributed by atoms with Gasteiger partial charge in [-0.05, 0) is 36.1 Å². The molecule has 2 aromatic rings. The van der Waals surface area contributed by atoms with Crippen LogP contribution in [0.25, 0.3) is 0 Å². The lowest BCUT2D eigenvalue weighted by Gasteiger charge is -2.09. The lowest BCUT2D eigenvalue weighted by atomic mass is 10.0. The maximum Gasteiger partial charge on any atom is 0.240 e. The number of rotatable bonds is 8. The van der Waals surface area contributed by atoms with Gasteiger partial charge in [0.2, 0.25) is 15.9 Å². The molecule has 2 rings (SSSR count). The van der Waals surface area contributed by atoms with Crippen LogP contribution in [0.4, 0.5) is 0 Å². The maximum atomic E-state index is 12.3. The van der Waals surface area contributed by atoms with Gasteiger partial charge in [-0.2, -0.15) is 0 Å². The SMILES string of the molecule is Cc1ccc(CNC(=O)CCNS(=O)(=O)c2ccc(C(C)C)cc2)cc1. The molecule has 0 aliphatic carbocycles. The summed E-state index contributed by atoms with van der Waals surface area (Å²) in [5.41, 5.74) is 3.25. The Kier molecular flexibility index (Phi) is 6.94. The summed E-state index contributed by atoms with van der Waals surface area (Å²) in [7, 11) is -3.60. The van der Waals surface area contributed by atoms with E-state index in [0.29, 0.717) is 12.5 Å². The van der Waals surface area contributed by atoms with Crippen LogP contribution in [0.2, 0.25) is 0 Å². The first kappa shape index (κ1) is 20.1. The Morgan fingerprint density at radius 2 is 1.62 bits per heavy atom. The van der Waals surface area contributed by atoms with E-state index in [4.69, 9.17) is 0 Å². The predicted octanol–water partition coefficient (Wildman–Crippen LogP) is 3.10. The monoisotopic (exact) mass is 374 g/mol. The highest BCUT2D eigenvalue weighted by molar-refractivity contribution is 7.89. The Balaban J connectivity index is 1.80. The van der Waals surface area contributed by atoms with Gasteiger partial charge in [-0.15, -0.1) is 0 Å². The first-order valence-corrected chi connectivity index (χ1v) is 10.2. The van der Waals surface area contributed by atoms with E-state index in [0.717, 1.165) is 16.7 Å². The van der Waals surface area contributed by atoms with Crippen molar-refractivity contribution >= 4 is 15.9 Å². The number of aryl methyl sites for hydroxylation is 1. The number of carbonyl (C=O) groups is 1. The van der Waals surface area contributed by atoms with Crippen LogP contribution >= 0.6 is 0 Å². The summed E-state index contributed by atoms with van der Waals surface area (Å²) in [6, 6.07) is 14.7. The molecule has 0 unspecified atom stereocenters. The van der Waals surface area contributed by atoms with Gasteiger partial charge in [0.05, 0.1) is 4.90 Å². The number of amides is 1. The molecule has 0 bridgehead atoms.